The number of nitrogen functional groups attached to an aromatic ring is 1. The van der Waals surface area contributed by atoms with E-state index in [0.717, 1.165) is 51.4 Å². The molecule has 1 aromatic heterocycles. The third-order valence-electron chi connectivity index (χ3n) is 6.19. The summed E-state index contributed by atoms with van der Waals surface area (Å²) >= 11 is 0. The Hall–Kier alpha value is -2.77. The third kappa shape index (κ3) is 5.23. The zero-order valence-electron chi connectivity index (χ0n) is 17.8. The van der Waals surface area contributed by atoms with Gasteiger partial charge in [0.15, 0.2) is 0 Å². The lowest BCUT2D eigenvalue weighted by Gasteiger charge is -2.32. The molecule has 8 nitrogen and oxygen atoms in total. The van der Waals surface area contributed by atoms with E-state index in [1.165, 1.54) is 18.7 Å². The van der Waals surface area contributed by atoms with Crippen LogP contribution in [0, 0.1) is 5.41 Å². The normalized spacial score (nSPS) is 22.2. The molecule has 3 rings (SSSR count). The van der Waals surface area contributed by atoms with Crippen molar-refractivity contribution in [1.29, 1.82) is 5.41 Å². The summed E-state index contributed by atoms with van der Waals surface area (Å²) in [6.45, 7) is 5.66. The van der Waals surface area contributed by atoms with Gasteiger partial charge in [0.25, 0.3) is 5.56 Å². The minimum atomic E-state index is -0.142. The molecule has 8 heteroatoms. The van der Waals surface area contributed by atoms with Gasteiger partial charge in [0, 0.05) is 43.0 Å². The average molecular weight is 415 g/mol. The largest absolute Gasteiger partial charge is 0.398 e. The molecule has 0 unspecified atom stereocenters. The molecular weight excluding hydrogens is 380 g/mol. The summed E-state index contributed by atoms with van der Waals surface area (Å²) < 4.78 is 1.76. The molecule has 0 aromatic carbocycles. The van der Waals surface area contributed by atoms with Crippen LogP contribution in [0.4, 0.5) is 11.5 Å². The Morgan fingerprint density at radius 1 is 1.13 bits per heavy atom. The van der Waals surface area contributed by atoms with E-state index in [1.54, 1.807) is 11.5 Å². The van der Waals surface area contributed by atoms with Crippen LogP contribution in [0.3, 0.4) is 0 Å². The minimum absolute atomic E-state index is 0.0130. The number of amides is 1. The van der Waals surface area contributed by atoms with Gasteiger partial charge in [-0.3, -0.25) is 14.2 Å². The van der Waals surface area contributed by atoms with Gasteiger partial charge in [-0.2, -0.15) is 0 Å². The Bertz CT molecular complexity index is 848. The fraction of sp³-hybridized carbons (Fsp3) is 0.591. The number of nitrogens with one attached hydrogen (secondary N) is 4. The molecule has 2 aliphatic carbocycles. The summed E-state index contributed by atoms with van der Waals surface area (Å²) in [6.07, 6.45) is 10.2. The number of nitrogens with zero attached hydrogens (tertiary/aromatic N) is 1. The van der Waals surface area contributed by atoms with Crippen molar-refractivity contribution in [3.63, 3.8) is 0 Å². The maximum Gasteiger partial charge on any atom is 0.254 e. The van der Waals surface area contributed by atoms with E-state index >= 15 is 0 Å². The van der Waals surface area contributed by atoms with E-state index in [-0.39, 0.29) is 29.6 Å². The Morgan fingerprint density at radius 3 is 2.30 bits per heavy atom. The summed E-state index contributed by atoms with van der Waals surface area (Å²) in [5.74, 6) is 1.15. The Balaban J connectivity index is 1.73. The second-order valence-electron chi connectivity index (χ2n) is 8.50. The first kappa shape index (κ1) is 21.9. The van der Waals surface area contributed by atoms with Crippen molar-refractivity contribution in [2.24, 2.45) is 0 Å². The standard InChI is InChI=1S/C22H34N6O2/c1-14(25-16-8-10-17(11-9-16)27-15(2)29)26-22-19(13-23)20(24)12-21(30)28(22)18-6-4-3-5-7-18/h12-13,16-18,23,25-26H,1,3-11,24H2,2H3,(H,27,29). The van der Waals surface area contributed by atoms with Crippen molar-refractivity contribution in [2.75, 3.05) is 11.1 Å². The van der Waals surface area contributed by atoms with Crippen LogP contribution in [0.5, 0.6) is 0 Å². The number of nitrogens with two attached hydrogens (primary N) is 1. The van der Waals surface area contributed by atoms with Crippen LogP contribution < -0.4 is 27.2 Å². The third-order valence-corrected chi connectivity index (χ3v) is 6.19. The highest BCUT2D eigenvalue weighted by atomic mass is 16.1. The first-order chi connectivity index (χ1) is 14.4. The fourth-order valence-corrected chi connectivity index (χ4v) is 4.73. The highest BCUT2D eigenvalue weighted by molar-refractivity contribution is 5.91. The molecule has 0 spiro atoms. The van der Waals surface area contributed by atoms with E-state index in [2.05, 4.69) is 22.5 Å². The molecule has 2 aliphatic rings. The summed E-state index contributed by atoms with van der Waals surface area (Å²) in [6, 6.07) is 2.00. The number of aromatic nitrogens is 1. The molecule has 6 N–H and O–H groups in total. The highest BCUT2D eigenvalue weighted by Crippen LogP contribution is 2.32. The van der Waals surface area contributed by atoms with Crippen LogP contribution in [0.25, 0.3) is 0 Å². The number of pyridine rings is 1. The number of hydrogen-bond donors (Lipinski definition) is 5. The van der Waals surface area contributed by atoms with Gasteiger partial charge < -0.3 is 27.1 Å². The topological polar surface area (TPSA) is 125 Å². The minimum Gasteiger partial charge on any atom is -0.398 e. The molecule has 1 amide bonds. The van der Waals surface area contributed by atoms with Gasteiger partial charge in [-0.05, 0) is 38.5 Å². The molecule has 0 bridgehead atoms. The van der Waals surface area contributed by atoms with Gasteiger partial charge in [0.1, 0.15) is 5.82 Å². The summed E-state index contributed by atoms with van der Waals surface area (Å²) in [5.41, 5.74) is 6.73. The zero-order valence-corrected chi connectivity index (χ0v) is 17.8. The number of carbonyl (C=O) groups is 1. The smallest absolute Gasteiger partial charge is 0.254 e. The lowest BCUT2D eigenvalue weighted by Crippen LogP contribution is -2.42. The van der Waals surface area contributed by atoms with Gasteiger partial charge in [0.2, 0.25) is 5.91 Å². The van der Waals surface area contributed by atoms with Gasteiger partial charge in [-0.15, -0.1) is 0 Å². The molecule has 0 atom stereocenters. The van der Waals surface area contributed by atoms with Crippen LogP contribution in [0.2, 0.25) is 0 Å². The monoisotopic (exact) mass is 414 g/mol. The lowest BCUT2D eigenvalue weighted by atomic mass is 9.91. The molecule has 1 aromatic rings. The van der Waals surface area contributed by atoms with Crippen molar-refractivity contribution in [3.8, 4) is 0 Å². The molecule has 2 saturated carbocycles. The highest BCUT2D eigenvalue weighted by Gasteiger charge is 2.24. The summed E-state index contributed by atoms with van der Waals surface area (Å²) in [7, 11) is 0. The molecule has 0 aliphatic heterocycles. The Morgan fingerprint density at radius 2 is 1.73 bits per heavy atom. The fourth-order valence-electron chi connectivity index (χ4n) is 4.73. The van der Waals surface area contributed by atoms with E-state index in [4.69, 9.17) is 11.1 Å². The van der Waals surface area contributed by atoms with Gasteiger partial charge >= 0.3 is 0 Å². The quantitative estimate of drug-likeness (QED) is 0.439. The number of rotatable bonds is 7. The molecule has 2 fully saturated rings. The Labute approximate surface area is 177 Å². The second kappa shape index (κ2) is 9.82. The van der Waals surface area contributed by atoms with Crippen LogP contribution >= 0.6 is 0 Å². The molecule has 164 valence electrons. The van der Waals surface area contributed by atoms with E-state index in [9.17, 15) is 9.59 Å². The van der Waals surface area contributed by atoms with Gasteiger partial charge in [0.05, 0.1) is 11.4 Å². The van der Waals surface area contributed by atoms with Crippen LogP contribution in [0.15, 0.2) is 23.3 Å². The van der Waals surface area contributed by atoms with E-state index in [1.807, 2.05) is 0 Å². The van der Waals surface area contributed by atoms with E-state index < -0.39 is 0 Å². The van der Waals surface area contributed by atoms with E-state index in [0.29, 0.717) is 22.9 Å². The summed E-state index contributed by atoms with van der Waals surface area (Å²) in [5, 5.41) is 17.5. The molecule has 30 heavy (non-hydrogen) atoms. The number of hydrogen-bond acceptors (Lipinski definition) is 6. The van der Waals surface area contributed by atoms with Crippen molar-refractivity contribution >= 4 is 23.6 Å². The van der Waals surface area contributed by atoms with Gasteiger partial charge in [-0.1, -0.05) is 25.8 Å². The second-order valence-corrected chi connectivity index (χ2v) is 8.50. The van der Waals surface area contributed by atoms with Crippen molar-refractivity contribution < 1.29 is 4.79 Å². The molecular formula is C22H34N6O2. The van der Waals surface area contributed by atoms with Crippen molar-refractivity contribution in [3.05, 3.63) is 34.4 Å². The predicted octanol–water partition coefficient (Wildman–Crippen LogP) is 2.85. The molecule has 0 radical (unpaired) electrons. The molecule has 1 heterocycles. The Kier molecular flexibility index (Phi) is 7.18. The van der Waals surface area contributed by atoms with Crippen LogP contribution in [-0.4, -0.2) is 28.8 Å². The summed E-state index contributed by atoms with van der Waals surface area (Å²) in [4.78, 5) is 24.1. The van der Waals surface area contributed by atoms with Crippen molar-refractivity contribution in [1.82, 2.24) is 15.2 Å². The first-order valence-electron chi connectivity index (χ1n) is 10.9. The van der Waals surface area contributed by atoms with Crippen molar-refractivity contribution in [2.45, 2.75) is 82.8 Å². The van der Waals surface area contributed by atoms with Gasteiger partial charge in [-0.25, -0.2) is 0 Å². The SMILES string of the molecule is C=C(Nc1c(C=N)c(N)cc(=O)n1C1CCCCC1)NC1CCC(NC(C)=O)CC1. The molecule has 0 saturated heterocycles. The lowest BCUT2D eigenvalue weighted by molar-refractivity contribution is -0.119. The number of carbonyl (C=O) groups excluding carboxylic acids is 1. The first-order valence-corrected chi connectivity index (χ1v) is 10.9. The van der Waals surface area contributed by atoms with Crippen LogP contribution in [-0.2, 0) is 4.79 Å². The maximum absolute atomic E-state index is 12.8. The number of anilines is 2. The predicted molar refractivity (Wildman–Crippen MR) is 121 cm³/mol. The van der Waals surface area contributed by atoms with Crippen LogP contribution in [0.1, 0.15) is 76.3 Å². The maximum atomic E-state index is 12.8. The average Bonchev–Trinajstić information content (AvgIpc) is 2.70. The zero-order chi connectivity index (χ0) is 21.7.